The Labute approximate surface area is 91.1 Å². The Kier molecular flexibility index (Phi) is 4.44. The number of benzene rings is 1. The second-order valence-electron chi connectivity index (χ2n) is 2.65. The number of hydrogen-bond donors (Lipinski definition) is 1. The zero-order chi connectivity index (χ0) is 10.4. The molecular weight excluding hydrogens is 246 g/mol. The molecule has 1 aromatic carbocycles. The summed E-state index contributed by atoms with van der Waals surface area (Å²) in [5, 5.41) is 17.4. The number of aliphatic hydroxyl groups excluding tert-OH is 1. The van der Waals surface area contributed by atoms with Gasteiger partial charge in [-0.25, -0.2) is 0 Å². The minimum absolute atomic E-state index is 0.0896. The molecule has 0 aliphatic rings. The Morgan fingerprint density at radius 3 is 2.93 bits per heavy atom. The van der Waals surface area contributed by atoms with Gasteiger partial charge in [0.15, 0.2) is 5.75 Å². The molecule has 0 radical (unpaired) electrons. The Morgan fingerprint density at radius 1 is 1.50 bits per heavy atom. The highest BCUT2D eigenvalue weighted by molar-refractivity contribution is 9.10. The van der Waals surface area contributed by atoms with E-state index < -0.39 is 0 Å². The highest BCUT2D eigenvalue weighted by Gasteiger charge is 2.06. The first-order valence-electron chi connectivity index (χ1n) is 4.22. The normalized spacial score (nSPS) is 9.50. The summed E-state index contributed by atoms with van der Waals surface area (Å²) in [7, 11) is 0. The molecule has 14 heavy (non-hydrogen) atoms. The van der Waals surface area contributed by atoms with Crippen molar-refractivity contribution in [3.63, 3.8) is 0 Å². The first kappa shape index (κ1) is 11.0. The van der Waals surface area contributed by atoms with Crippen LogP contribution in [0.5, 0.6) is 5.75 Å². The zero-order valence-electron chi connectivity index (χ0n) is 7.53. The van der Waals surface area contributed by atoms with E-state index in [4.69, 9.17) is 15.1 Å². The van der Waals surface area contributed by atoms with Crippen molar-refractivity contribution in [3.8, 4) is 11.8 Å². The minimum atomic E-state index is 0.0896. The predicted octanol–water partition coefficient (Wildman–Crippen LogP) is 2.08. The first-order valence-corrected chi connectivity index (χ1v) is 5.01. The minimum Gasteiger partial charge on any atom is -0.491 e. The van der Waals surface area contributed by atoms with E-state index in [-0.39, 0.29) is 6.61 Å². The molecule has 0 fully saturated rings. The molecule has 1 rings (SSSR count). The van der Waals surface area contributed by atoms with E-state index in [0.717, 1.165) is 4.47 Å². The van der Waals surface area contributed by atoms with Crippen LogP contribution in [0.4, 0.5) is 0 Å². The second kappa shape index (κ2) is 5.63. The molecule has 0 saturated carbocycles. The summed E-state index contributed by atoms with van der Waals surface area (Å²) >= 11 is 3.30. The van der Waals surface area contributed by atoms with Crippen molar-refractivity contribution in [2.45, 2.75) is 6.42 Å². The molecule has 1 aromatic rings. The lowest BCUT2D eigenvalue weighted by Gasteiger charge is -2.08. The molecule has 0 atom stereocenters. The maximum Gasteiger partial charge on any atom is 0.151 e. The standard InChI is InChI=1S/C10H10BrNO2/c11-9-4-1-3-8(7-12)10(9)14-6-2-5-13/h1,3-4,13H,2,5-6H2. The van der Waals surface area contributed by atoms with E-state index in [1.165, 1.54) is 0 Å². The van der Waals surface area contributed by atoms with Crippen molar-refractivity contribution in [2.75, 3.05) is 13.2 Å². The molecule has 0 spiro atoms. The molecule has 4 heteroatoms. The van der Waals surface area contributed by atoms with Crippen molar-refractivity contribution in [2.24, 2.45) is 0 Å². The fourth-order valence-corrected chi connectivity index (χ4v) is 1.46. The smallest absolute Gasteiger partial charge is 0.151 e. The van der Waals surface area contributed by atoms with Gasteiger partial charge in [0.25, 0.3) is 0 Å². The van der Waals surface area contributed by atoms with E-state index in [0.29, 0.717) is 24.3 Å². The van der Waals surface area contributed by atoms with Crippen molar-refractivity contribution >= 4 is 15.9 Å². The summed E-state index contributed by atoms with van der Waals surface area (Å²) in [5.41, 5.74) is 0.498. The summed E-state index contributed by atoms with van der Waals surface area (Å²) in [5.74, 6) is 0.545. The van der Waals surface area contributed by atoms with Gasteiger partial charge in [-0.15, -0.1) is 0 Å². The Morgan fingerprint density at radius 2 is 2.29 bits per heavy atom. The largest absolute Gasteiger partial charge is 0.491 e. The van der Waals surface area contributed by atoms with Gasteiger partial charge in [-0.05, 0) is 28.1 Å². The number of para-hydroxylation sites is 1. The zero-order valence-corrected chi connectivity index (χ0v) is 9.12. The average molecular weight is 256 g/mol. The average Bonchev–Trinajstić information content (AvgIpc) is 2.20. The van der Waals surface area contributed by atoms with Gasteiger partial charge < -0.3 is 9.84 Å². The number of halogens is 1. The molecule has 1 N–H and O–H groups in total. The molecule has 0 aromatic heterocycles. The SMILES string of the molecule is N#Cc1cccc(Br)c1OCCCO. The number of rotatable bonds is 4. The van der Waals surface area contributed by atoms with Crippen LogP contribution in [0, 0.1) is 11.3 Å². The van der Waals surface area contributed by atoms with Gasteiger partial charge in [0.05, 0.1) is 16.6 Å². The van der Waals surface area contributed by atoms with E-state index in [1.54, 1.807) is 12.1 Å². The van der Waals surface area contributed by atoms with Crippen LogP contribution in [-0.2, 0) is 0 Å². The van der Waals surface area contributed by atoms with Crippen molar-refractivity contribution in [1.82, 2.24) is 0 Å². The quantitative estimate of drug-likeness (QED) is 0.839. The lowest BCUT2D eigenvalue weighted by molar-refractivity contribution is 0.232. The van der Waals surface area contributed by atoms with Gasteiger partial charge in [0.1, 0.15) is 6.07 Å². The highest BCUT2D eigenvalue weighted by Crippen LogP contribution is 2.28. The van der Waals surface area contributed by atoms with Crippen LogP contribution < -0.4 is 4.74 Å². The topological polar surface area (TPSA) is 53.2 Å². The molecule has 74 valence electrons. The van der Waals surface area contributed by atoms with Gasteiger partial charge in [0.2, 0.25) is 0 Å². The summed E-state index contributed by atoms with van der Waals surface area (Å²) in [6.45, 7) is 0.500. The van der Waals surface area contributed by atoms with Crippen molar-refractivity contribution in [1.29, 1.82) is 5.26 Å². The molecular formula is C10H10BrNO2. The number of nitriles is 1. The van der Waals surface area contributed by atoms with Crippen LogP contribution in [0.15, 0.2) is 22.7 Å². The highest BCUT2D eigenvalue weighted by atomic mass is 79.9. The first-order chi connectivity index (χ1) is 6.79. The molecule has 0 unspecified atom stereocenters. The Balaban J connectivity index is 2.78. The number of ether oxygens (including phenoxy) is 1. The molecule has 0 heterocycles. The van der Waals surface area contributed by atoms with Crippen LogP contribution in [-0.4, -0.2) is 18.3 Å². The molecule has 0 bridgehead atoms. The summed E-state index contributed by atoms with van der Waals surface area (Å²) in [6.07, 6.45) is 0.562. The van der Waals surface area contributed by atoms with E-state index in [1.807, 2.05) is 12.1 Å². The molecule has 0 amide bonds. The third kappa shape index (κ3) is 2.72. The maximum atomic E-state index is 8.80. The third-order valence-electron chi connectivity index (χ3n) is 1.64. The van der Waals surface area contributed by atoms with E-state index >= 15 is 0 Å². The van der Waals surface area contributed by atoms with Crippen LogP contribution in [0.2, 0.25) is 0 Å². The van der Waals surface area contributed by atoms with Crippen molar-refractivity contribution in [3.05, 3.63) is 28.2 Å². The van der Waals surface area contributed by atoms with Gasteiger partial charge in [-0.2, -0.15) is 5.26 Å². The lowest BCUT2D eigenvalue weighted by atomic mass is 10.2. The molecule has 0 aliphatic heterocycles. The van der Waals surface area contributed by atoms with Gasteiger partial charge in [-0.1, -0.05) is 6.07 Å². The van der Waals surface area contributed by atoms with E-state index in [2.05, 4.69) is 15.9 Å². The number of aliphatic hydroxyl groups is 1. The van der Waals surface area contributed by atoms with E-state index in [9.17, 15) is 0 Å². The van der Waals surface area contributed by atoms with Crippen LogP contribution >= 0.6 is 15.9 Å². The van der Waals surface area contributed by atoms with Crippen LogP contribution in [0.1, 0.15) is 12.0 Å². The van der Waals surface area contributed by atoms with Crippen LogP contribution in [0.3, 0.4) is 0 Å². The third-order valence-corrected chi connectivity index (χ3v) is 2.26. The Bertz CT molecular complexity index is 346. The fourth-order valence-electron chi connectivity index (χ4n) is 0.982. The van der Waals surface area contributed by atoms with Gasteiger partial charge >= 0.3 is 0 Å². The predicted molar refractivity (Wildman–Crippen MR) is 56.1 cm³/mol. The van der Waals surface area contributed by atoms with Gasteiger partial charge in [0, 0.05) is 13.0 Å². The molecule has 0 aliphatic carbocycles. The fraction of sp³-hybridized carbons (Fsp3) is 0.300. The number of hydrogen-bond acceptors (Lipinski definition) is 3. The summed E-state index contributed by atoms with van der Waals surface area (Å²) in [4.78, 5) is 0. The number of nitrogens with zero attached hydrogens (tertiary/aromatic N) is 1. The van der Waals surface area contributed by atoms with Crippen LogP contribution in [0.25, 0.3) is 0 Å². The summed E-state index contributed by atoms with van der Waals surface area (Å²) in [6, 6.07) is 7.33. The summed E-state index contributed by atoms with van der Waals surface area (Å²) < 4.78 is 6.13. The lowest BCUT2D eigenvalue weighted by Crippen LogP contribution is -2.01. The van der Waals surface area contributed by atoms with Crippen molar-refractivity contribution < 1.29 is 9.84 Å². The molecule has 0 saturated heterocycles. The molecule has 3 nitrogen and oxygen atoms in total. The van der Waals surface area contributed by atoms with Gasteiger partial charge in [-0.3, -0.25) is 0 Å². The Hall–Kier alpha value is -1.05. The monoisotopic (exact) mass is 255 g/mol. The maximum absolute atomic E-state index is 8.80. The second-order valence-corrected chi connectivity index (χ2v) is 3.51.